The third-order valence-corrected chi connectivity index (χ3v) is 1.74. The second-order valence-electron chi connectivity index (χ2n) is 2.95. The number of hydrogen-bond donors (Lipinski definition) is 4. The fourth-order valence-electron chi connectivity index (χ4n) is 1.02. The molecule has 0 aromatic rings. The molecule has 1 atom stereocenters. The van der Waals surface area contributed by atoms with Crippen molar-refractivity contribution in [2.75, 3.05) is 13.1 Å². The molecule has 15 heavy (non-hydrogen) atoms. The number of carboxylic acid groups (broad SMARTS) is 2. The lowest BCUT2D eigenvalue weighted by atomic mass is 10.1. The lowest BCUT2D eigenvalue weighted by Gasteiger charge is -2.12. The van der Waals surface area contributed by atoms with E-state index in [0.29, 0.717) is 19.4 Å². The zero-order valence-electron chi connectivity index (χ0n) is 8.40. The smallest absolute Gasteiger partial charge is 0.320 e. The van der Waals surface area contributed by atoms with Gasteiger partial charge in [-0.1, -0.05) is 6.42 Å². The van der Waals surface area contributed by atoms with E-state index < -0.39 is 18.0 Å². The second kappa shape index (κ2) is 9.38. The number of rotatable bonds is 8. The van der Waals surface area contributed by atoms with Crippen LogP contribution in [-0.2, 0) is 9.59 Å². The van der Waals surface area contributed by atoms with Crippen molar-refractivity contribution in [3.05, 3.63) is 0 Å². The minimum absolute atomic E-state index is 0. The molecule has 0 aliphatic rings. The summed E-state index contributed by atoms with van der Waals surface area (Å²) in [6, 6.07) is -0.794. The summed E-state index contributed by atoms with van der Waals surface area (Å²) in [6.07, 6.45) is 1.83. The normalized spacial score (nSPS) is 11.5. The second-order valence-corrected chi connectivity index (χ2v) is 2.95. The maximum atomic E-state index is 10.6. The first-order chi connectivity index (χ1) is 6.57. The molecule has 7 nitrogen and oxygen atoms in total. The molecule has 0 amide bonds. The van der Waals surface area contributed by atoms with Crippen molar-refractivity contribution in [3.63, 3.8) is 0 Å². The molecule has 0 aromatic heterocycles. The molecule has 7 heteroatoms. The van der Waals surface area contributed by atoms with E-state index in [1.54, 1.807) is 0 Å². The van der Waals surface area contributed by atoms with Crippen LogP contribution in [0.4, 0.5) is 0 Å². The zero-order chi connectivity index (χ0) is 11.0. The summed E-state index contributed by atoms with van der Waals surface area (Å²) in [5.41, 5.74) is 5.25. The minimum Gasteiger partial charge on any atom is -0.480 e. The van der Waals surface area contributed by atoms with Crippen LogP contribution in [-0.4, -0.2) is 46.8 Å². The van der Waals surface area contributed by atoms with E-state index in [9.17, 15) is 9.59 Å². The molecule has 0 saturated carbocycles. The molecule has 0 rings (SSSR count). The van der Waals surface area contributed by atoms with Crippen molar-refractivity contribution in [2.45, 2.75) is 25.3 Å². The summed E-state index contributed by atoms with van der Waals surface area (Å²) >= 11 is 0. The SMILES string of the molecule is NCCCC[C@H](NCC(=O)O)C(=O)O.O. The summed E-state index contributed by atoms with van der Waals surface area (Å²) in [5.74, 6) is -2.08. The number of carboxylic acids is 2. The first kappa shape index (κ1) is 16.3. The third kappa shape index (κ3) is 9.13. The summed E-state index contributed by atoms with van der Waals surface area (Å²) in [4.78, 5) is 20.8. The molecule has 0 aliphatic heterocycles. The maximum Gasteiger partial charge on any atom is 0.320 e. The number of nitrogens with two attached hydrogens (primary N) is 1. The van der Waals surface area contributed by atoms with Crippen molar-refractivity contribution in [2.24, 2.45) is 5.73 Å². The van der Waals surface area contributed by atoms with Crippen LogP contribution in [0.1, 0.15) is 19.3 Å². The van der Waals surface area contributed by atoms with Gasteiger partial charge in [-0.2, -0.15) is 0 Å². The first-order valence-electron chi connectivity index (χ1n) is 4.46. The van der Waals surface area contributed by atoms with Gasteiger partial charge >= 0.3 is 11.9 Å². The van der Waals surface area contributed by atoms with Crippen molar-refractivity contribution in [1.82, 2.24) is 5.32 Å². The summed E-state index contributed by atoms with van der Waals surface area (Å²) < 4.78 is 0. The molecule has 7 N–H and O–H groups in total. The number of aliphatic carboxylic acids is 2. The lowest BCUT2D eigenvalue weighted by Crippen LogP contribution is -2.39. The van der Waals surface area contributed by atoms with E-state index in [-0.39, 0.29) is 12.0 Å². The highest BCUT2D eigenvalue weighted by molar-refractivity contribution is 5.75. The molecule has 90 valence electrons. The van der Waals surface area contributed by atoms with E-state index in [1.807, 2.05) is 0 Å². The van der Waals surface area contributed by atoms with Crippen LogP contribution in [0, 0.1) is 0 Å². The van der Waals surface area contributed by atoms with Gasteiger partial charge in [0.05, 0.1) is 6.54 Å². The Balaban J connectivity index is 0. The van der Waals surface area contributed by atoms with Crippen LogP contribution < -0.4 is 11.1 Å². The Morgan fingerprint density at radius 3 is 2.27 bits per heavy atom. The van der Waals surface area contributed by atoms with Crippen molar-refractivity contribution >= 4 is 11.9 Å². The highest BCUT2D eigenvalue weighted by atomic mass is 16.4. The number of nitrogens with one attached hydrogen (secondary N) is 1. The van der Waals surface area contributed by atoms with E-state index in [0.717, 1.165) is 6.42 Å². The molecule has 0 aliphatic carbocycles. The Morgan fingerprint density at radius 1 is 1.27 bits per heavy atom. The van der Waals surface area contributed by atoms with Crippen LogP contribution >= 0.6 is 0 Å². The Labute approximate surface area is 87.6 Å². The van der Waals surface area contributed by atoms with E-state index in [1.165, 1.54) is 0 Å². The fraction of sp³-hybridized carbons (Fsp3) is 0.750. The topological polar surface area (TPSA) is 144 Å². The highest BCUT2D eigenvalue weighted by Crippen LogP contribution is 2.00. The van der Waals surface area contributed by atoms with E-state index in [4.69, 9.17) is 15.9 Å². The van der Waals surface area contributed by atoms with Gasteiger partial charge in [0.15, 0.2) is 0 Å². The Kier molecular flexibility index (Phi) is 10.2. The molecule has 0 radical (unpaired) electrons. The van der Waals surface area contributed by atoms with Gasteiger partial charge in [-0.05, 0) is 19.4 Å². The van der Waals surface area contributed by atoms with Crippen LogP contribution in [0.3, 0.4) is 0 Å². The number of hydrogen-bond acceptors (Lipinski definition) is 4. The molecule has 0 fully saturated rings. The predicted molar refractivity (Wildman–Crippen MR) is 53.6 cm³/mol. The Bertz CT molecular complexity index is 197. The Hall–Kier alpha value is -1.18. The third-order valence-electron chi connectivity index (χ3n) is 1.74. The molecule has 0 aromatic carbocycles. The molecule has 0 unspecified atom stereocenters. The molecular weight excluding hydrogens is 204 g/mol. The van der Waals surface area contributed by atoms with Gasteiger partial charge in [0.25, 0.3) is 0 Å². The predicted octanol–water partition coefficient (Wildman–Crippen LogP) is -1.58. The average Bonchev–Trinajstić information content (AvgIpc) is 2.10. The van der Waals surface area contributed by atoms with Crippen molar-refractivity contribution < 1.29 is 25.3 Å². The summed E-state index contributed by atoms with van der Waals surface area (Å²) in [7, 11) is 0. The van der Waals surface area contributed by atoms with Gasteiger partial charge in [-0.3, -0.25) is 14.9 Å². The lowest BCUT2D eigenvalue weighted by molar-refractivity contribution is -0.140. The zero-order valence-corrected chi connectivity index (χ0v) is 8.40. The largest absolute Gasteiger partial charge is 0.480 e. The van der Waals surface area contributed by atoms with Gasteiger partial charge in [0.1, 0.15) is 6.04 Å². The molecule has 0 heterocycles. The molecule has 0 bridgehead atoms. The highest BCUT2D eigenvalue weighted by Gasteiger charge is 2.16. The van der Waals surface area contributed by atoms with Crippen LogP contribution in [0.15, 0.2) is 0 Å². The summed E-state index contributed by atoms with van der Waals surface area (Å²) in [6.45, 7) is 0.185. The quantitative estimate of drug-likeness (QED) is 0.365. The van der Waals surface area contributed by atoms with Gasteiger partial charge in [-0.25, -0.2) is 0 Å². The van der Waals surface area contributed by atoms with Gasteiger partial charge < -0.3 is 21.4 Å². The number of carbonyl (C=O) groups is 2. The van der Waals surface area contributed by atoms with Crippen LogP contribution in [0.5, 0.6) is 0 Å². The number of unbranched alkanes of at least 4 members (excludes halogenated alkanes) is 1. The van der Waals surface area contributed by atoms with Crippen molar-refractivity contribution in [3.8, 4) is 0 Å². The standard InChI is InChI=1S/C8H16N2O4.H2O/c9-4-2-1-3-6(8(13)14)10-5-7(11)12;/h6,10H,1-5,9H2,(H,11,12)(H,13,14);1H2/t6-;/m0./s1. The van der Waals surface area contributed by atoms with Crippen LogP contribution in [0.2, 0.25) is 0 Å². The monoisotopic (exact) mass is 222 g/mol. The van der Waals surface area contributed by atoms with Gasteiger partial charge in [0, 0.05) is 0 Å². The first-order valence-corrected chi connectivity index (χ1v) is 4.46. The maximum absolute atomic E-state index is 10.6. The average molecular weight is 222 g/mol. The molecule has 0 spiro atoms. The van der Waals surface area contributed by atoms with Crippen LogP contribution in [0.25, 0.3) is 0 Å². The van der Waals surface area contributed by atoms with E-state index >= 15 is 0 Å². The molecule has 0 saturated heterocycles. The minimum atomic E-state index is -1.06. The fourth-order valence-corrected chi connectivity index (χ4v) is 1.02. The van der Waals surface area contributed by atoms with E-state index in [2.05, 4.69) is 5.32 Å². The molecular formula is C8H18N2O5. The Morgan fingerprint density at radius 2 is 1.87 bits per heavy atom. The van der Waals surface area contributed by atoms with Gasteiger partial charge in [0.2, 0.25) is 0 Å². The van der Waals surface area contributed by atoms with Crippen molar-refractivity contribution in [1.29, 1.82) is 0 Å². The summed E-state index contributed by atoms with van der Waals surface area (Å²) in [5, 5.41) is 19.5. The van der Waals surface area contributed by atoms with Gasteiger partial charge in [-0.15, -0.1) is 0 Å².